The number of rotatable bonds is 14. The van der Waals surface area contributed by atoms with Gasteiger partial charge in [-0.3, -0.25) is 14.4 Å². The predicted molar refractivity (Wildman–Crippen MR) is 147 cm³/mol. The number of ether oxygens (including phenoxy) is 1. The average Bonchev–Trinajstić information content (AvgIpc) is 3.35. The van der Waals surface area contributed by atoms with Crippen LogP contribution in [0.5, 0.6) is 0 Å². The molecule has 8 heteroatoms. The molecule has 0 aliphatic carbocycles. The van der Waals surface area contributed by atoms with Crippen LogP contribution in [0.25, 0.3) is 0 Å². The molecule has 1 aromatic carbocycles. The lowest BCUT2D eigenvalue weighted by Crippen LogP contribution is -2.52. The Morgan fingerprint density at radius 1 is 1.13 bits per heavy atom. The molecule has 38 heavy (non-hydrogen) atoms. The Bertz CT molecular complexity index is 928. The number of hydrogen-bond acceptors (Lipinski definition) is 5. The summed E-state index contributed by atoms with van der Waals surface area (Å²) in [5.41, 5.74) is 1.66. The summed E-state index contributed by atoms with van der Waals surface area (Å²) in [5.74, 6) is 0.699. The summed E-state index contributed by atoms with van der Waals surface area (Å²) in [6, 6.07) is 7.67. The van der Waals surface area contributed by atoms with Gasteiger partial charge in [0.15, 0.2) is 0 Å². The van der Waals surface area contributed by atoms with Crippen molar-refractivity contribution in [1.29, 1.82) is 0 Å². The number of quaternary nitrogens is 1. The zero-order valence-corrected chi connectivity index (χ0v) is 23.6. The number of amides is 2. The quantitative estimate of drug-likeness (QED) is 0.321. The van der Waals surface area contributed by atoms with E-state index in [9.17, 15) is 14.4 Å². The zero-order valence-electron chi connectivity index (χ0n) is 23.6. The van der Waals surface area contributed by atoms with Gasteiger partial charge in [0.2, 0.25) is 5.91 Å². The standard InChI is InChI=1S/C30H47N3O5/c1-23(30(2)15-5-19-38-30)7-12-27(35)13-14-28(36)32-20-25-6-4-17-33(3,22-25)21-24-8-10-26(11-9-24)29(37)31-16-18-34/h8-11,23,25,34H,4-7,12-22H2,1-3H3,(H-,31,32,36,37)/p+1/t23?,25-,30?,33?/m1/s1. The number of nitrogens with one attached hydrogen (secondary N) is 2. The molecule has 2 aliphatic rings. The molecule has 2 aliphatic heterocycles. The van der Waals surface area contributed by atoms with Crippen LogP contribution in [-0.2, 0) is 20.9 Å². The maximum absolute atomic E-state index is 12.5. The predicted octanol–water partition coefficient (Wildman–Crippen LogP) is 3.22. The third kappa shape index (κ3) is 9.17. The van der Waals surface area contributed by atoms with Crippen molar-refractivity contribution >= 4 is 17.6 Å². The van der Waals surface area contributed by atoms with Gasteiger partial charge in [-0.15, -0.1) is 0 Å². The largest absolute Gasteiger partial charge is 0.395 e. The number of aliphatic hydroxyl groups is 1. The maximum Gasteiger partial charge on any atom is 0.251 e. The van der Waals surface area contributed by atoms with Gasteiger partial charge in [0, 0.05) is 56.0 Å². The molecule has 4 atom stereocenters. The van der Waals surface area contributed by atoms with Crippen molar-refractivity contribution < 1.29 is 28.7 Å². The van der Waals surface area contributed by atoms with E-state index >= 15 is 0 Å². The molecule has 2 saturated heterocycles. The Morgan fingerprint density at radius 2 is 1.89 bits per heavy atom. The summed E-state index contributed by atoms with van der Waals surface area (Å²) in [7, 11) is 2.26. The van der Waals surface area contributed by atoms with Crippen LogP contribution in [0.1, 0.15) is 81.1 Å². The maximum atomic E-state index is 12.5. The minimum Gasteiger partial charge on any atom is -0.395 e. The fraction of sp³-hybridized carbons (Fsp3) is 0.700. The zero-order chi connectivity index (χ0) is 27.6. The Balaban J connectivity index is 1.36. The molecule has 3 rings (SSSR count). The number of ketones is 1. The lowest BCUT2D eigenvalue weighted by molar-refractivity contribution is -0.930. The van der Waals surface area contributed by atoms with Crippen LogP contribution < -0.4 is 10.6 Å². The monoisotopic (exact) mass is 530 g/mol. The Hall–Kier alpha value is -2.29. The second kappa shape index (κ2) is 14.2. The second-order valence-corrected chi connectivity index (χ2v) is 11.9. The second-order valence-electron chi connectivity index (χ2n) is 11.9. The highest BCUT2D eigenvalue weighted by Gasteiger charge is 2.35. The van der Waals surface area contributed by atoms with Crippen molar-refractivity contribution in [3.63, 3.8) is 0 Å². The van der Waals surface area contributed by atoms with Crippen molar-refractivity contribution in [2.24, 2.45) is 11.8 Å². The van der Waals surface area contributed by atoms with Crippen LogP contribution in [-0.4, -0.2) is 79.2 Å². The highest BCUT2D eigenvalue weighted by atomic mass is 16.5. The molecule has 1 aromatic rings. The Labute approximate surface area is 228 Å². The van der Waals surface area contributed by atoms with E-state index in [2.05, 4.69) is 31.5 Å². The van der Waals surface area contributed by atoms with Crippen LogP contribution in [0.3, 0.4) is 0 Å². The number of benzene rings is 1. The first-order chi connectivity index (χ1) is 18.1. The first kappa shape index (κ1) is 30.3. The number of likely N-dealkylation sites (tertiary alicyclic amines) is 1. The topological polar surface area (TPSA) is 105 Å². The van der Waals surface area contributed by atoms with E-state index < -0.39 is 0 Å². The molecule has 3 unspecified atom stereocenters. The van der Waals surface area contributed by atoms with E-state index in [0.717, 1.165) is 62.8 Å². The molecule has 212 valence electrons. The molecule has 2 fully saturated rings. The van der Waals surface area contributed by atoms with Crippen LogP contribution in [0, 0.1) is 11.8 Å². The highest BCUT2D eigenvalue weighted by Crippen LogP contribution is 2.35. The van der Waals surface area contributed by atoms with Crippen molar-refractivity contribution in [2.75, 3.05) is 46.4 Å². The smallest absolute Gasteiger partial charge is 0.251 e. The van der Waals surface area contributed by atoms with Crippen LogP contribution >= 0.6 is 0 Å². The normalized spacial score (nSPS) is 26.1. The third-order valence-electron chi connectivity index (χ3n) is 8.55. The lowest BCUT2D eigenvalue weighted by Gasteiger charge is -2.41. The van der Waals surface area contributed by atoms with Gasteiger partial charge in [0.25, 0.3) is 5.91 Å². The molecule has 0 spiro atoms. The minimum absolute atomic E-state index is 0.0349. The van der Waals surface area contributed by atoms with Gasteiger partial charge < -0.3 is 25.0 Å². The van der Waals surface area contributed by atoms with E-state index in [4.69, 9.17) is 9.84 Å². The number of piperidine rings is 1. The molecular weight excluding hydrogens is 482 g/mol. The molecule has 2 amide bonds. The lowest BCUT2D eigenvalue weighted by atomic mass is 9.84. The number of Topliss-reactive ketones (excluding diaryl/α,β-unsaturated/α-hetero) is 1. The molecule has 8 nitrogen and oxygen atoms in total. The van der Waals surface area contributed by atoms with Gasteiger partial charge in [0.05, 0.1) is 32.3 Å². The van der Waals surface area contributed by atoms with E-state index in [-0.39, 0.29) is 42.8 Å². The number of hydrogen-bond donors (Lipinski definition) is 3. The van der Waals surface area contributed by atoms with E-state index in [1.165, 1.54) is 5.56 Å². The fourth-order valence-corrected chi connectivity index (χ4v) is 5.95. The third-order valence-corrected chi connectivity index (χ3v) is 8.55. The van der Waals surface area contributed by atoms with E-state index in [0.29, 0.717) is 36.8 Å². The molecule has 0 bridgehead atoms. The molecule has 3 N–H and O–H groups in total. The Morgan fingerprint density at radius 3 is 2.58 bits per heavy atom. The van der Waals surface area contributed by atoms with Gasteiger partial charge in [-0.2, -0.15) is 0 Å². The fourth-order valence-electron chi connectivity index (χ4n) is 5.95. The van der Waals surface area contributed by atoms with Crippen molar-refractivity contribution in [1.82, 2.24) is 10.6 Å². The molecular formula is C30H48N3O5+. The first-order valence-electron chi connectivity index (χ1n) is 14.4. The first-order valence-corrected chi connectivity index (χ1v) is 14.4. The Kier molecular flexibility index (Phi) is 11.3. The van der Waals surface area contributed by atoms with Crippen LogP contribution in [0.15, 0.2) is 24.3 Å². The van der Waals surface area contributed by atoms with Gasteiger partial charge >= 0.3 is 0 Å². The van der Waals surface area contributed by atoms with Crippen molar-refractivity contribution in [2.45, 2.75) is 77.4 Å². The summed E-state index contributed by atoms with van der Waals surface area (Å²) in [6.07, 6.45) is 6.25. The summed E-state index contributed by atoms with van der Waals surface area (Å²) in [6.45, 7) is 8.89. The van der Waals surface area contributed by atoms with E-state index in [1.807, 2.05) is 24.3 Å². The van der Waals surface area contributed by atoms with Crippen LogP contribution in [0.2, 0.25) is 0 Å². The minimum atomic E-state index is -0.177. The number of carbonyl (C=O) groups is 3. The number of aliphatic hydroxyl groups excluding tert-OH is 1. The molecule has 0 radical (unpaired) electrons. The molecule has 2 heterocycles. The van der Waals surface area contributed by atoms with Crippen LogP contribution in [0.4, 0.5) is 0 Å². The number of carbonyl (C=O) groups excluding carboxylic acids is 3. The molecule has 0 aromatic heterocycles. The van der Waals surface area contributed by atoms with Gasteiger partial charge in [-0.25, -0.2) is 0 Å². The van der Waals surface area contributed by atoms with Gasteiger partial charge in [-0.05, 0) is 57.1 Å². The summed E-state index contributed by atoms with van der Waals surface area (Å²) in [5, 5.41) is 14.6. The summed E-state index contributed by atoms with van der Waals surface area (Å²) < 4.78 is 6.80. The van der Waals surface area contributed by atoms with Crippen molar-refractivity contribution in [3.05, 3.63) is 35.4 Å². The van der Waals surface area contributed by atoms with Gasteiger partial charge in [-0.1, -0.05) is 19.1 Å². The summed E-state index contributed by atoms with van der Waals surface area (Å²) >= 11 is 0. The van der Waals surface area contributed by atoms with E-state index in [1.54, 1.807) is 0 Å². The van der Waals surface area contributed by atoms with Crippen molar-refractivity contribution in [3.8, 4) is 0 Å². The summed E-state index contributed by atoms with van der Waals surface area (Å²) in [4.78, 5) is 36.9. The highest BCUT2D eigenvalue weighted by molar-refractivity contribution is 5.94. The average molecular weight is 531 g/mol. The molecule has 0 saturated carbocycles. The van der Waals surface area contributed by atoms with Gasteiger partial charge in [0.1, 0.15) is 12.3 Å². The number of nitrogens with zero attached hydrogens (tertiary/aromatic N) is 1. The SMILES string of the molecule is CC(CCC(=O)CCC(=O)NC[C@H]1CCC[N+](C)(Cc2ccc(C(=O)NCCO)cc2)C1)C1(C)CCCO1.